The zero-order chi connectivity index (χ0) is 15.8. The molecule has 21 heavy (non-hydrogen) atoms. The molecule has 1 N–H and O–H groups in total. The maximum atomic E-state index is 13.5. The van der Waals surface area contributed by atoms with Gasteiger partial charge in [0.05, 0.1) is 15.1 Å². The van der Waals surface area contributed by atoms with E-state index in [1.165, 1.54) is 12.1 Å². The van der Waals surface area contributed by atoms with E-state index >= 15 is 0 Å². The lowest BCUT2D eigenvalue weighted by Crippen LogP contribution is -2.15. The Hall–Kier alpha value is -1.40. The minimum atomic E-state index is -3.82. The molecule has 0 heterocycles. The van der Waals surface area contributed by atoms with Gasteiger partial charge in [-0.3, -0.25) is 4.72 Å². The van der Waals surface area contributed by atoms with E-state index in [-0.39, 0.29) is 9.37 Å². The van der Waals surface area contributed by atoms with Gasteiger partial charge in [0.1, 0.15) is 5.82 Å². The van der Waals surface area contributed by atoms with E-state index in [1.54, 1.807) is 0 Å². The summed E-state index contributed by atoms with van der Waals surface area (Å²) in [4.78, 5) is -0.109. The van der Waals surface area contributed by atoms with Crippen LogP contribution in [0.2, 0.25) is 0 Å². The zero-order valence-corrected chi connectivity index (χ0v) is 14.3. The molecule has 0 bridgehead atoms. The predicted molar refractivity (Wildman–Crippen MR) is 85.6 cm³/mol. The van der Waals surface area contributed by atoms with Crippen molar-refractivity contribution in [2.45, 2.75) is 25.7 Å². The molecule has 0 aliphatic heterocycles. The molecular weight excluding hydrogens is 357 g/mol. The van der Waals surface area contributed by atoms with Gasteiger partial charge in [0, 0.05) is 0 Å². The fourth-order valence-corrected chi connectivity index (χ4v) is 3.64. The third kappa shape index (κ3) is 3.44. The standard InChI is InChI=1S/C15H15BrFNO2S/c1-9-6-10(2)15(11(3)7-9)18-21(19,20)12-4-5-13(16)14(17)8-12/h4-8,18H,1-3H3. The Kier molecular flexibility index (Phi) is 4.39. The van der Waals surface area contributed by atoms with E-state index in [9.17, 15) is 12.8 Å². The highest BCUT2D eigenvalue weighted by Gasteiger charge is 2.18. The minimum absolute atomic E-state index is 0.109. The van der Waals surface area contributed by atoms with E-state index in [1.807, 2.05) is 32.9 Å². The molecule has 0 fully saturated rings. The number of aryl methyl sites for hydroxylation is 3. The molecule has 3 nitrogen and oxygen atoms in total. The molecule has 112 valence electrons. The van der Waals surface area contributed by atoms with Crippen LogP contribution in [0, 0.1) is 26.6 Å². The van der Waals surface area contributed by atoms with Gasteiger partial charge in [-0.25, -0.2) is 12.8 Å². The quantitative estimate of drug-likeness (QED) is 0.873. The number of sulfonamides is 1. The van der Waals surface area contributed by atoms with Gasteiger partial charge in [0.15, 0.2) is 0 Å². The van der Waals surface area contributed by atoms with Gasteiger partial charge >= 0.3 is 0 Å². The van der Waals surface area contributed by atoms with Gasteiger partial charge in [0.2, 0.25) is 0 Å². The van der Waals surface area contributed by atoms with Crippen LogP contribution in [0.3, 0.4) is 0 Å². The summed E-state index contributed by atoms with van der Waals surface area (Å²) in [6.07, 6.45) is 0. The van der Waals surface area contributed by atoms with Crippen LogP contribution in [0.1, 0.15) is 16.7 Å². The minimum Gasteiger partial charge on any atom is -0.279 e. The summed E-state index contributed by atoms with van der Waals surface area (Å²) in [5.74, 6) is -0.616. The molecule has 0 saturated heterocycles. The van der Waals surface area contributed by atoms with Gasteiger partial charge in [-0.2, -0.15) is 0 Å². The maximum Gasteiger partial charge on any atom is 0.262 e. The highest BCUT2D eigenvalue weighted by Crippen LogP contribution is 2.26. The molecule has 6 heteroatoms. The summed E-state index contributed by atoms with van der Waals surface area (Å²) in [6.45, 7) is 5.61. The zero-order valence-electron chi connectivity index (χ0n) is 11.9. The smallest absolute Gasteiger partial charge is 0.262 e. The summed E-state index contributed by atoms with van der Waals surface area (Å²) < 4.78 is 41.0. The van der Waals surface area contributed by atoms with Gasteiger partial charge < -0.3 is 0 Å². The first-order valence-corrected chi connectivity index (χ1v) is 8.54. The van der Waals surface area contributed by atoms with Crippen molar-refractivity contribution >= 4 is 31.6 Å². The summed E-state index contributed by atoms with van der Waals surface area (Å²) in [5, 5.41) is 0. The predicted octanol–water partition coefficient (Wildman–Crippen LogP) is 4.31. The number of anilines is 1. The topological polar surface area (TPSA) is 46.2 Å². The maximum absolute atomic E-state index is 13.5. The van der Waals surface area contributed by atoms with E-state index in [4.69, 9.17) is 0 Å². The molecule has 2 aromatic carbocycles. The monoisotopic (exact) mass is 371 g/mol. The van der Waals surface area contributed by atoms with Crippen LogP contribution >= 0.6 is 15.9 Å². The highest BCUT2D eigenvalue weighted by atomic mass is 79.9. The summed E-state index contributed by atoms with van der Waals surface area (Å²) in [7, 11) is -3.82. The van der Waals surface area contributed by atoms with E-state index in [2.05, 4.69) is 20.7 Å². The molecule has 2 rings (SSSR count). The van der Waals surface area contributed by atoms with E-state index < -0.39 is 15.8 Å². The van der Waals surface area contributed by atoms with Crippen molar-refractivity contribution in [1.82, 2.24) is 0 Å². The molecule has 2 aromatic rings. The molecule has 0 aliphatic carbocycles. The number of hydrogen-bond donors (Lipinski definition) is 1. The molecule has 0 aromatic heterocycles. The second-order valence-electron chi connectivity index (χ2n) is 4.96. The lowest BCUT2D eigenvalue weighted by Gasteiger charge is -2.14. The van der Waals surface area contributed by atoms with Crippen molar-refractivity contribution in [2.24, 2.45) is 0 Å². The van der Waals surface area contributed by atoms with E-state index in [0.717, 1.165) is 22.8 Å². The number of nitrogens with one attached hydrogen (secondary N) is 1. The fourth-order valence-electron chi connectivity index (χ4n) is 2.18. The van der Waals surface area contributed by atoms with Crippen molar-refractivity contribution in [2.75, 3.05) is 4.72 Å². The Labute approximate surface area is 132 Å². The molecule has 0 spiro atoms. The Morgan fingerprint density at radius 1 is 1.05 bits per heavy atom. The Morgan fingerprint density at radius 2 is 1.62 bits per heavy atom. The SMILES string of the molecule is Cc1cc(C)c(NS(=O)(=O)c2ccc(Br)c(F)c2)c(C)c1. The van der Waals surface area contributed by atoms with Crippen LogP contribution in [0.25, 0.3) is 0 Å². The lowest BCUT2D eigenvalue weighted by atomic mass is 10.1. The van der Waals surface area contributed by atoms with E-state index in [0.29, 0.717) is 5.69 Å². The first kappa shape index (κ1) is 16.0. The Morgan fingerprint density at radius 3 is 2.14 bits per heavy atom. The molecule has 0 amide bonds. The van der Waals surface area contributed by atoms with Crippen molar-refractivity contribution in [3.8, 4) is 0 Å². The lowest BCUT2D eigenvalue weighted by molar-refractivity contribution is 0.593. The third-order valence-corrected chi connectivity index (χ3v) is 5.11. The third-order valence-electron chi connectivity index (χ3n) is 3.11. The summed E-state index contributed by atoms with van der Waals surface area (Å²) >= 11 is 3.00. The molecule has 0 atom stereocenters. The van der Waals surface area contributed by atoms with Gasteiger partial charge in [-0.15, -0.1) is 0 Å². The highest BCUT2D eigenvalue weighted by molar-refractivity contribution is 9.10. The van der Waals surface area contributed by atoms with Gasteiger partial charge in [-0.05, 0) is 66.0 Å². The van der Waals surface area contributed by atoms with Crippen molar-refractivity contribution < 1.29 is 12.8 Å². The molecule has 0 unspecified atom stereocenters. The Bertz CT molecular complexity index is 780. The number of halogens is 2. The van der Waals surface area contributed by atoms with Gasteiger partial charge in [0.25, 0.3) is 10.0 Å². The molecule has 0 radical (unpaired) electrons. The number of hydrogen-bond acceptors (Lipinski definition) is 2. The second kappa shape index (κ2) is 5.77. The first-order valence-electron chi connectivity index (χ1n) is 6.26. The van der Waals surface area contributed by atoms with Crippen LogP contribution in [-0.2, 0) is 10.0 Å². The molecular formula is C15H15BrFNO2S. The second-order valence-corrected chi connectivity index (χ2v) is 7.49. The summed E-state index contributed by atoms with van der Waals surface area (Å²) in [5.41, 5.74) is 3.24. The van der Waals surface area contributed by atoms with Crippen LogP contribution in [0.4, 0.5) is 10.1 Å². The van der Waals surface area contributed by atoms with Crippen molar-refractivity contribution in [3.63, 3.8) is 0 Å². The average molecular weight is 372 g/mol. The largest absolute Gasteiger partial charge is 0.279 e. The molecule has 0 aliphatic rings. The number of rotatable bonds is 3. The fraction of sp³-hybridized carbons (Fsp3) is 0.200. The normalized spacial score (nSPS) is 11.5. The molecule has 0 saturated carbocycles. The Balaban J connectivity index is 2.44. The average Bonchev–Trinajstić information content (AvgIpc) is 2.37. The van der Waals surface area contributed by atoms with Crippen LogP contribution in [0.15, 0.2) is 39.7 Å². The van der Waals surface area contributed by atoms with Crippen molar-refractivity contribution in [3.05, 3.63) is 57.3 Å². The van der Waals surface area contributed by atoms with Gasteiger partial charge in [-0.1, -0.05) is 17.7 Å². The number of benzene rings is 2. The summed E-state index contributed by atoms with van der Waals surface area (Å²) in [6, 6.07) is 7.51. The van der Waals surface area contributed by atoms with Crippen LogP contribution in [-0.4, -0.2) is 8.42 Å². The van der Waals surface area contributed by atoms with Crippen LogP contribution in [0.5, 0.6) is 0 Å². The first-order chi connectivity index (χ1) is 9.70. The van der Waals surface area contributed by atoms with Crippen molar-refractivity contribution in [1.29, 1.82) is 0 Å². The van der Waals surface area contributed by atoms with Crippen LogP contribution < -0.4 is 4.72 Å².